The lowest BCUT2D eigenvalue weighted by atomic mass is 10.2. The molecule has 0 aliphatic carbocycles. The molecular formula is C7H4Br2Cl2. The van der Waals surface area contributed by atoms with E-state index in [4.69, 9.17) is 23.2 Å². The fourth-order valence-electron chi connectivity index (χ4n) is 0.691. The van der Waals surface area contributed by atoms with Crippen LogP contribution >= 0.6 is 55.1 Å². The van der Waals surface area contributed by atoms with Gasteiger partial charge in [-0.15, -0.1) is 0 Å². The molecule has 11 heavy (non-hydrogen) atoms. The van der Waals surface area contributed by atoms with Crippen molar-refractivity contribution in [3.63, 3.8) is 0 Å². The molecule has 1 rings (SSSR count). The molecule has 0 unspecified atom stereocenters. The molecule has 0 aliphatic rings. The second-order valence-corrected chi connectivity index (χ2v) is 4.52. The molecule has 60 valence electrons. The van der Waals surface area contributed by atoms with Crippen molar-refractivity contribution in [1.82, 2.24) is 0 Å². The zero-order chi connectivity index (χ0) is 8.59. The summed E-state index contributed by atoms with van der Waals surface area (Å²) in [4.78, 5) is 0. The van der Waals surface area contributed by atoms with Crippen LogP contribution in [0, 0.1) is 6.92 Å². The lowest BCUT2D eigenvalue weighted by Crippen LogP contribution is -1.80. The molecule has 0 amide bonds. The molecule has 0 aliphatic heterocycles. The highest BCUT2D eigenvalue weighted by atomic mass is 79.9. The molecular weight excluding hydrogens is 315 g/mol. The van der Waals surface area contributed by atoms with Gasteiger partial charge in [-0.05, 0) is 50.4 Å². The number of hydrogen-bond acceptors (Lipinski definition) is 0. The van der Waals surface area contributed by atoms with Gasteiger partial charge in [-0.1, -0.05) is 23.2 Å². The van der Waals surface area contributed by atoms with Crippen molar-refractivity contribution in [3.8, 4) is 0 Å². The van der Waals surface area contributed by atoms with Crippen LogP contribution in [0.25, 0.3) is 0 Å². The Balaban J connectivity index is 3.46. The van der Waals surface area contributed by atoms with E-state index in [1.165, 1.54) is 0 Å². The maximum absolute atomic E-state index is 5.90. The van der Waals surface area contributed by atoms with Crippen molar-refractivity contribution in [2.24, 2.45) is 0 Å². The Hall–Kier alpha value is 0.760. The predicted octanol–water partition coefficient (Wildman–Crippen LogP) is 4.83. The van der Waals surface area contributed by atoms with E-state index in [2.05, 4.69) is 31.9 Å². The van der Waals surface area contributed by atoms with Gasteiger partial charge in [0, 0.05) is 4.47 Å². The van der Waals surface area contributed by atoms with E-state index in [0.29, 0.717) is 10.0 Å². The van der Waals surface area contributed by atoms with E-state index < -0.39 is 0 Å². The Morgan fingerprint density at radius 2 is 1.73 bits per heavy atom. The van der Waals surface area contributed by atoms with E-state index in [9.17, 15) is 0 Å². The summed E-state index contributed by atoms with van der Waals surface area (Å²) in [6, 6.07) is 1.88. The van der Waals surface area contributed by atoms with Gasteiger partial charge < -0.3 is 0 Å². The molecule has 1 aromatic carbocycles. The minimum absolute atomic E-state index is 0.612. The standard InChI is InChI=1S/C7H4Br2Cl2/c1-3-2-4(8)7(11)5(9)6(3)10/h2H,1H3. The molecule has 0 radical (unpaired) electrons. The summed E-state index contributed by atoms with van der Waals surface area (Å²) in [6.07, 6.45) is 0. The van der Waals surface area contributed by atoms with E-state index >= 15 is 0 Å². The van der Waals surface area contributed by atoms with E-state index in [0.717, 1.165) is 14.5 Å². The van der Waals surface area contributed by atoms with Crippen LogP contribution in [0.4, 0.5) is 0 Å². The molecule has 0 spiro atoms. The van der Waals surface area contributed by atoms with Crippen LogP contribution in [0.2, 0.25) is 10.0 Å². The van der Waals surface area contributed by atoms with Crippen molar-refractivity contribution in [2.75, 3.05) is 0 Å². The highest BCUT2D eigenvalue weighted by Gasteiger charge is 2.08. The minimum atomic E-state index is 0.612. The quantitative estimate of drug-likeness (QED) is 0.475. The van der Waals surface area contributed by atoms with Crippen molar-refractivity contribution in [3.05, 3.63) is 30.6 Å². The Morgan fingerprint density at radius 1 is 1.18 bits per heavy atom. The first-order valence-electron chi connectivity index (χ1n) is 2.83. The van der Waals surface area contributed by atoms with Crippen LogP contribution in [0.3, 0.4) is 0 Å². The first-order chi connectivity index (χ1) is 5.04. The maximum atomic E-state index is 5.90. The third-order valence-corrected chi connectivity index (χ3v) is 4.27. The summed E-state index contributed by atoms with van der Waals surface area (Å²) in [5.41, 5.74) is 0.995. The summed E-state index contributed by atoms with van der Waals surface area (Å²) in [5, 5.41) is 1.28. The number of halogens is 4. The average Bonchev–Trinajstić information content (AvgIpc) is 1.97. The molecule has 4 heteroatoms. The third kappa shape index (κ3) is 1.92. The van der Waals surface area contributed by atoms with E-state index in [-0.39, 0.29) is 0 Å². The zero-order valence-electron chi connectivity index (χ0n) is 5.59. The molecule has 0 N–H and O–H groups in total. The molecule has 0 fully saturated rings. The Morgan fingerprint density at radius 3 is 2.27 bits per heavy atom. The van der Waals surface area contributed by atoms with Crippen LogP contribution in [-0.2, 0) is 0 Å². The van der Waals surface area contributed by atoms with Crippen molar-refractivity contribution in [2.45, 2.75) is 6.92 Å². The molecule has 0 saturated carbocycles. The molecule has 0 bridgehead atoms. The van der Waals surface area contributed by atoms with Gasteiger partial charge in [0.15, 0.2) is 0 Å². The third-order valence-electron chi connectivity index (χ3n) is 1.28. The second kappa shape index (κ2) is 3.65. The van der Waals surface area contributed by atoms with Gasteiger partial charge in [0.05, 0.1) is 14.5 Å². The summed E-state index contributed by atoms with van der Waals surface area (Å²) in [7, 11) is 0. The highest BCUT2D eigenvalue weighted by Crippen LogP contribution is 2.37. The lowest BCUT2D eigenvalue weighted by molar-refractivity contribution is 1.43. The largest absolute Gasteiger partial charge is 0.0828 e. The number of aryl methyl sites for hydroxylation is 1. The smallest absolute Gasteiger partial charge is 0.0705 e. The predicted molar refractivity (Wildman–Crippen MR) is 56.6 cm³/mol. The van der Waals surface area contributed by atoms with Crippen LogP contribution in [0.15, 0.2) is 15.0 Å². The van der Waals surface area contributed by atoms with Crippen LogP contribution in [0.5, 0.6) is 0 Å². The van der Waals surface area contributed by atoms with Crippen LogP contribution in [0.1, 0.15) is 5.56 Å². The Bertz CT molecular complexity index is 271. The summed E-state index contributed by atoms with van der Waals surface area (Å²) < 4.78 is 1.60. The lowest BCUT2D eigenvalue weighted by Gasteiger charge is -2.04. The van der Waals surface area contributed by atoms with Gasteiger partial charge in [-0.2, -0.15) is 0 Å². The molecule has 0 aromatic heterocycles. The van der Waals surface area contributed by atoms with Gasteiger partial charge in [-0.3, -0.25) is 0 Å². The topological polar surface area (TPSA) is 0 Å². The minimum Gasteiger partial charge on any atom is -0.0828 e. The van der Waals surface area contributed by atoms with Crippen molar-refractivity contribution >= 4 is 55.1 Å². The summed E-state index contributed by atoms with van der Waals surface area (Å²) in [6.45, 7) is 1.92. The Labute approximate surface area is 92.1 Å². The van der Waals surface area contributed by atoms with Crippen molar-refractivity contribution in [1.29, 1.82) is 0 Å². The number of hydrogen-bond donors (Lipinski definition) is 0. The molecule has 0 heterocycles. The van der Waals surface area contributed by atoms with Gasteiger partial charge in [-0.25, -0.2) is 0 Å². The number of rotatable bonds is 0. The van der Waals surface area contributed by atoms with E-state index in [1.807, 2.05) is 13.0 Å². The van der Waals surface area contributed by atoms with Gasteiger partial charge in [0.2, 0.25) is 0 Å². The molecule has 0 atom stereocenters. The average molecular weight is 319 g/mol. The Kier molecular flexibility index (Phi) is 3.27. The van der Waals surface area contributed by atoms with Gasteiger partial charge >= 0.3 is 0 Å². The highest BCUT2D eigenvalue weighted by molar-refractivity contribution is 9.11. The van der Waals surface area contributed by atoms with E-state index in [1.54, 1.807) is 0 Å². The SMILES string of the molecule is Cc1cc(Br)c(Cl)c(Br)c1Cl. The fraction of sp³-hybridized carbons (Fsp3) is 0.143. The second-order valence-electron chi connectivity index (χ2n) is 2.12. The molecule has 1 aromatic rings. The first-order valence-corrected chi connectivity index (χ1v) is 5.18. The number of benzene rings is 1. The fourth-order valence-corrected chi connectivity index (χ4v) is 2.37. The van der Waals surface area contributed by atoms with Crippen molar-refractivity contribution < 1.29 is 0 Å². The van der Waals surface area contributed by atoms with Gasteiger partial charge in [0.1, 0.15) is 0 Å². The monoisotopic (exact) mass is 316 g/mol. The zero-order valence-corrected chi connectivity index (χ0v) is 10.3. The first kappa shape index (κ1) is 9.85. The summed E-state index contributed by atoms with van der Waals surface area (Å²) >= 11 is 18.4. The summed E-state index contributed by atoms with van der Waals surface area (Å²) in [5.74, 6) is 0. The maximum Gasteiger partial charge on any atom is 0.0705 e. The van der Waals surface area contributed by atoms with Gasteiger partial charge in [0.25, 0.3) is 0 Å². The van der Waals surface area contributed by atoms with Crippen LogP contribution in [-0.4, -0.2) is 0 Å². The molecule has 0 nitrogen and oxygen atoms in total. The van der Waals surface area contributed by atoms with Crippen LogP contribution < -0.4 is 0 Å². The normalized spacial score (nSPS) is 10.3. The molecule has 0 saturated heterocycles.